The van der Waals surface area contributed by atoms with Crippen molar-refractivity contribution in [1.29, 1.82) is 0 Å². The molecule has 0 saturated heterocycles. The zero-order chi connectivity index (χ0) is 45.6. The van der Waals surface area contributed by atoms with Gasteiger partial charge in [0.05, 0.1) is 82.9 Å². The normalized spacial score (nSPS) is 15.6. The Morgan fingerprint density at radius 3 is 1.08 bits per heavy atom. The van der Waals surface area contributed by atoms with Crippen molar-refractivity contribution < 1.29 is 60.2 Å². The molecule has 0 aromatic carbocycles. The second kappa shape index (κ2) is 36.8. The predicted octanol–water partition coefficient (Wildman–Crippen LogP) is 7.82. The van der Waals surface area contributed by atoms with Crippen LogP contribution >= 0.6 is 0 Å². The van der Waals surface area contributed by atoms with Crippen molar-refractivity contribution in [3.05, 3.63) is 12.7 Å². The van der Waals surface area contributed by atoms with Gasteiger partial charge in [-0.2, -0.15) is 0 Å². The summed E-state index contributed by atoms with van der Waals surface area (Å²) in [6.07, 6.45) is 2.30. The molecule has 0 aliphatic rings. The average Bonchev–Trinajstić information content (AvgIpc) is 3.03. The summed E-state index contributed by atoms with van der Waals surface area (Å²) in [6.45, 7) is 45.5. The summed E-state index contributed by atoms with van der Waals surface area (Å²) < 4.78 is 57.9. The van der Waals surface area contributed by atoms with Crippen molar-refractivity contribution in [2.75, 3.05) is 59.5 Å². The third-order valence-corrected chi connectivity index (χ3v) is 27.2. The Morgan fingerprint density at radius 1 is 0.508 bits per heavy atom. The lowest BCUT2D eigenvalue weighted by atomic mass is 10.4. The van der Waals surface area contributed by atoms with Gasteiger partial charge >= 0.3 is 17.1 Å². The molecule has 0 saturated carbocycles. The quantitative estimate of drug-likeness (QED) is 0.0334. The van der Waals surface area contributed by atoms with Gasteiger partial charge in [0.15, 0.2) is 34.7 Å². The number of hydrogen-bond acceptors (Lipinski definition) is 13. The number of aliphatic hydroxyl groups excluding tert-OH is 3. The molecule has 0 bridgehead atoms. The van der Waals surface area contributed by atoms with E-state index in [1.54, 1.807) is 26.8 Å². The molecule has 19 heteroatoms. The second-order valence-corrected chi connectivity index (χ2v) is 39.4. The molecule has 0 heterocycles. The summed E-state index contributed by atoms with van der Waals surface area (Å²) in [5, 5.41) is 27.5. The van der Waals surface area contributed by atoms with Crippen molar-refractivity contribution in [1.82, 2.24) is 0 Å². The Kier molecular flexibility index (Phi) is 41.3. The van der Waals surface area contributed by atoms with E-state index in [-0.39, 0.29) is 25.7 Å². The van der Waals surface area contributed by atoms with E-state index in [1.807, 2.05) is 20.8 Å². The van der Waals surface area contributed by atoms with Gasteiger partial charge in [-0.05, 0) is 145 Å². The third-order valence-electron chi connectivity index (χ3n) is 7.38. The molecule has 0 fully saturated rings. The van der Waals surface area contributed by atoms with Gasteiger partial charge in [-0.3, -0.25) is 0 Å². The smallest absolute Gasteiger partial charge is 0.311 e. The Morgan fingerprint density at radius 2 is 0.814 bits per heavy atom. The highest BCUT2D eigenvalue weighted by molar-refractivity contribution is 6.87. The standard InChI is InChI=1S/C24H56O8Si3.C9H18O3.C6H20O2Si3.CH4/c1-21(25)17-29-23(3)19-27-13-11-15-33(5,6)31-35(9,10)32-34(7,8)16-12-14-28-20-24(4)30-18-22(2)26;1-4-5-11-7-9(3)12-6-8(2)10;1-9(2)7-11(5,6)8-10(3)4;/h21-26H,11-20H2,1-10H3;4,8-10H,1,5-7H2,2-3H3;9-10H,1-6H3;1H4. The molecular weight excluding hydrogens is 857 g/mol. The Balaban J connectivity index is -0.000000511. The fourth-order valence-electron chi connectivity index (χ4n) is 5.69. The SMILES string of the molecule is C.C=CCOCC(C)OCC(C)O.CC(O)COC(C)COCCC[Si](C)(C)O[Si](C)(C)O[Si](C)(C)CCCOCC(C)OCC(C)O.C[SiH](C)O[Si](C)(C)O[SiH](C)C. The first kappa shape index (κ1) is 66.1. The van der Waals surface area contributed by atoms with Crippen LogP contribution < -0.4 is 0 Å². The molecule has 0 aromatic rings. The van der Waals surface area contributed by atoms with E-state index < -0.39 is 70.1 Å². The molecule has 0 rings (SSSR count). The van der Waals surface area contributed by atoms with Crippen molar-refractivity contribution in [2.24, 2.45) is 0 Å². The number of ether oxygens (including phenoxy) is 6. The molecule has 0 spiro atoms. The molecule has 59 heavy (non-hydrogen) atoms. The number of rotatable bonds is 33. The fourth-order valence-corrected chi connectivity index (χ4v) is 29.5. The first-order valence-electron chi connectivity index (χ1n) is 21.5. The van der Waals surface area contributed by atoms with E-state index in [2.05, 4.69) is 85.1 Å². The topological polar surface area (TPSA) is 153 Å². The molecule has 0 amide bonds. The maximum atomic E-state index is 9.28. The van der Waals surface area contributed by atoms with Crippen LogP contribution in [0, 0.1) is 0 Å². The molecular formula is C40H98O13Si6. The van der Waals surface area contributed by atoms with Crippen molar-refractivity contribution in [3.63, 3.8) is 0 Å². The van der Waals surface area contributed by atoms with Crippen LogP contribution in [0.2, 0.25) is 90.7 Å². The highest BCUT2D eigenvalue weighted by atomic mass is 28.5. The van der Waals surface area contributed by atoms with Crippen LogP contribution in [0.5, 0.6) is 0 Å². The minimum absolute atomic E-state index is 0. The van der Waals surface area contributed by atoms with Gasteiger partial charge < -0.3 is 60.2 Å². The molecule has 360 valence electrons. The van der Waals surface area contributed by atoms with Gasteiger partial charge in [-0.25, -0.2) is 0 Å². The van der Waals surface area contributed by atoms with Crippen LogP contribution in [0.4, 0.5) is 0 Å². The molecule has 0 radical (unpaired) electrons. The molecule has 6 unspecified atom stereocenters. The lowest BCUT2D eigenvalue weighted by Gasteiger charge is -2.38. The van der Waals surface area contributed by atoms with Crippen LogP contribution in [0.3, 0.4) is 0 Å². The van der Waals surface area contributed by atoms with Crippen LogP contribution in [-0.4, -0.2) is 163 Å². The molecule has 0 aliphatic carbocycles. The summed E-state index contributed by atoms with van der Waals surface area (Å²) in [5.41, 5.74) is 0. The average molecular weight is 956 g/mol. The maximum absolute atomic E-state index is 9.28. The number of aliphatic hydroxyl groups is 3. The lowest BCUT2D eigenvalue weighted by Crippen LogP contribution is -2.52. The summed E-state index contributed by atoms with van der Waals surface area (Å²) >= 11 is 0. The highest BCUT2D eigenvalue weighted by Crippen LogP contribution is 2.26. The molecule has 3 N–H and O–H groups in total. The molecule has 6 atom stereocenters. The monoisotopic (exact) mass is 955 g/mol. The first-order chi connectivity index (χ1) is 26.5. The Labute approximate surface area is 371 Å². The van der Waals surface area contributed by atoms with Gasteiger partial charge in [0, 0.05) is 13.2 Å². The fraction of sp³-hybridized carbons (Fsp3) is 0.950. The molecule has 0 aromatic heterocycles. The van der Waals surface area contributed by atoms with Gasteiger partial charge in [-0.15, -0.1) is 6.58 Å². The second-order valence-electron chi connectivity index (χ2n) is 18.0. The van der Waals surface area contributed by atoms with Crippen LogP contribution in [0.1, 0.15) is 61.8 Å². The van der Waals surface area contributed by atoms with Crippen molar-refractivity contribution in [3.8, 4) is 0 Å². The van der Waals surface area contributed by atoms with E-state index in [0.29, 0.717) is 59.5 Å². The maximum Gasteiger partial charge on any atom is 0.311 e. The first-order valence-corrected chi connectivity index (χ1v) is 38.9. The largest absolute Gasteiger partial charge is 0.440 e. The third kappa shape index (κ3) is 51.0. The van der Waals surface area contributed by atoms with E-state index in [1.165, 1.54) is 0 Å². The van der Waals surface area contributed by atoms with Gasteiger partial charge in [-0.1, -0.05) is 13.5 Å². The van der Waals surface area contributed by atoms with Crippen molar-refractivity contribution in [2.45, 2.75) is 189 Å². The highest BCUT2D eigenvalue weighted by Gasteiger charge is 2.39. The summed E-state index contributed by atoms with van der Waals surface area (Å²) in [6, 6.07) is 2.06. The Bertz CT molecular complexity index is 906. The predicted molar refractivity (Wildman–Crippen MR) is 262 cm³/mol. The van der Waals surface area contributed by atoms with Crippen LogP contribution in [0.25, 0.3) is 0 Å². The minimum atomic E-state index is -2.24. The summed E-state index contributed by atoms with van der Waals surface area (Å²) in [4.78, 5) is 0. The van der Waals surface area contributed by atoms with Gasteiger partial charge in [0.25, 0.3) is 0 Å². The Hall–Kier alpha value is 0.521. The van der Waals surface area contributed by atoms with Crippen LogP contribution in [-0.2, 0) is 44.9 Å². The minimum Gasteiger partial charge on any atom is -0.440 e. The molecule has 13 nitrogen and oxygen atoms in total. The van der Waals surface area contributed by atoms with Crippen molar-refractivity contribution >= 4 is 51.8 Å². The van der Waals surface area contributed by atoms with E-state index in [4.69, 9.17) is 50.0 Å². The van der Waals surface area contributed by atoms with Crippen LogP contribution in [0.15, 0.2) is 12.7 Å². The zero-order valence-corrected chi connectivity index (χ0v) is 46.8. The van der Waals surface area contributed by atoms with E-state index in [0.717, 1.165) is 24.9 Å². The van der Waals surface area contributed by atoms with Gasteiger partial charge in [0.1, 0.15) is 0 Å². The summed E-state index contributed by atoms with van der Waals surface area (Å²) in [5.74, 6) is 0. The molecule has 0 aliphatic heterocycles. The lowest BCUT2D eigenvalue weighted by molar-refractivity contribution is -0.0363. The number of hydrogen-bond donors (Lipinski definition) is 3. The van der Waals surface area contributed by atoms with E-state index in [9.17, 15) is 10.2 Å². The summed E-state index contributed by atoms with van der Waals surface area (Å²) in [7, 11) is -9.45. The van der Waals surface area contributed by atoms with E-state index >= 15 is 0 Å². The van der Waals surface area contributed by atoms with Gasteiger partial charge in [0.2, 0.25) is 0 Å². The zero-order valence-electron chi connectivity index (χ0n) is 40.5.